The molecule has 1 aromatic rings. The largest absolute Gasteiger partial charge is 0.492 e. The summed E-state index contributed by atoms with van der Waals surface area (Å²) in [6.07, 6.45) is 0.172. The number of hydrogen-bond donors (Lipinski definition) is 1. The third-order valence-electron chi connectivity index (χ3n) is 3.84. The highest BCUT2D eigenvalue weighted by atomic mass is 16.5. The van der Waals surface area contributed by atoms with Gasteiger partial charge in [0.25, 0.3) is 0 Å². The standard InChI is InChI=1S/C18H29N3O3/c1-15-5-4-6-16(11-15)23-9-7-19-18(22)14-21-8-10-24-17(13-21)12-20(2)3/h4-6,11,17H,7-10,12-14H2,1-3H3,(H,19,22). The number of benzene rings is 1. The van der Waals surface area contributed by atoms with Gasteiger partial charge in [-0.25, -0.2) is 0 Å². The lowest BCUT2D eigenvalue weighted by molar-refractivity contribution is -0.124. The molecule has 0 aromatic heterocycles. The van der Waals surface area contributed by atoms with Gasteiger partial charge < -0.3 is 19.7 Å². The van der Waals surface area contributed by atoms with Crippen LogP contribution in [0.15, 0.2) is 24.3 Å². The summed E-state index contributed by atoms with van der Waals surface area (Å²) in [5.41, 5.74) is 1.16. The summed E-state index contributed by atoms with van der Waals surface area (Å²) in [5, 5.41) is 2.91. The van der Waals surface area contributed by atoms with E-state index in [1.165, 1.54) is 0 Å². The molecule has 6 heteroatoms. The molecule has 0 bridgehead atoms. The maximum Gasteiger partial charge on any atom is 0.234 e. The van der Waals surface area contributed by atoms with Crippen LogP contribution < -0.4 is 10.1 Å². The molecule has 1 amide bonds. The van der Waals surface area contributed by atoms with Crippen molar-refractivity contribution in [2.75, 3.05) is 60.0 Å². The van der Waals surface area contributed by atoms with Gasteiger partial charge in [0.1, 0.15) is 12.4 Å². The molecule has 0 spiro atoms. The summed E-state index contributed by atoms with van der Waals surface area (Å²) in [5.74, 6) is 0.873. The first-order chi connectivity index (χ1) is 11.5. The Kier molecular flexibility index (Phi) is 7.49. The zero-order valence-corrected chi connectivity index (χ0v) is 15.0. The fourth-order valence-corrected chi connectivity index (χ4v) is 2.77. The van der Waals surface area contributed by atoms with Gasteiger partial charge in [-0.1, -0.05) is 12.1 Å². The van der Waals surface area contributed by atoms with Crippen LogP contribution in [0.2, 0.25) is 0 Å². The van der Waals surface area contributed by atoms with Gasteiger partial charge in [0.15, 0.2) is 0 Å². The van der Waals surface area contributed by atoms with E-state index in [9.17, 15) is 4.79 Å². The van der Waals surface area contributed by atoms with Crippen molar-refractivity contribution >= 4 is 5.91 Å². The monoisotopic (exact) mass is 335 g/mol. The highest BCUT2D eigenvalue weighted by molar-refractivity contribution is 5.78. The quantitative estimate of drug-likeness (QED) is 0.711. The van der Waals surface area contributed by atoms with Crippen LogP contribution in [0.1, 0.15) is 5.56 Å². The number of nitrogens with zero attached hydrogens (tertiary/aromatic N) is 2. The molecular formula is C18H29N3O3. The van der Waals surface area contributed by atoms with E-state index in [-0.39, 0.29) is 12.0 Å². The molecular weight excluding hydrogens is 306 g/mol. The van der Waals surface area contributed by atoms with Crippen LogP contribution in [0.5, 0.6) is 5.75 Å². The number of ether oxygens (including phenoxy) is 2. The Morgan fingerprint density at radius 1 is 1.46 bits per heavy atom. The number of rotatable bonds is 8. The molecule has 1 unspecified atom stereocenters. The van der Waals surface area contributed by atoms with Crippen LogP contribution in [0.25, 0.3) is 0 Å². The van der Waals surface area contributed by atoms with Crippen LogP contribution in [-0.4, -0.2) is 81.8 Å². The van der Waals surface area contributed by atoms with E-state index >= 15 is 0 Å². The molecule has 1 fully saturated rings. The van der Waals surface area contributed by atoms with Crippen molar-refractivity contribution in [2.24, 2.45) is 0 Å². The predicted molar refractivity (Wildman–Crippen MR) is 94.4 cm³/mol. The van der Waals surface area contributed by atoms with E-state index in [0.29, 0.717) is 26.3 Å². The van der Waals surface area contributed by atoms with E-state index in [1.807, 2.05) is 45.3 Å². The van der Waals surface area contributed by atoms with E-state index in [1.54, 1.807) is 0 Å². The molecule has 1 saturated heterocycles. The molecule has 134 valence electrons. The number of carbonyl (C=O) groups is 1. The van der Waals surface area contributed by atoms with Crippen molar-refractivity contribution in [3.8, 4) is 5.75 Å². The Morgan fingerprint density at radius 2 is 2.29 bits per heavy atom. The number of morpholine rings is 1. The van der Waals surface area contributed by atoms with Gasteiger partial charge >= 0.3 is 0 Å². The summed E-state index contributed by atoms with van der Waals surface area (Å²) in [6, 6.07) is 7.90. The molecule has 2 rings (SSSR count). The smallest absolute Gasteiger partial charge is 0.234 e. The summed E-state index contributed by atoms with van der Waals surface area (Å²) in [6.45, 7) is 6.59. The number of likely N-dealkylation sites (N-methyl/N-ethyl adjacent to an activating group) is 1. The van der Waals surface area contributed by atoms with Crippen LogP contribution in [-0.2, 0) is 9.53 Å². The average Bonchev–Trinajstić information content (AvgIpc) is 2.51. The molecule has 1 aromatic carbocycles. The number of hydrogen-bond acceptors (Lipinski definition) is 5. The number of carbonyl (C=O) groups excluding carboxylic acids is 1. The Morgan fingerprint density at radius 3 is 3.04 bits per heavy atom. The van der Waals surface area contributed by atoms with Gasteiger partial charge in [-0.2, -0.15) is 0 Å². The van der Waals surface area contributed by atoms with Crippen molar-refractivity contribution in [1.29, 1.82) is 0 Å². The minimum atomic E-state index is 0.0355. The van der Waals surface area contributed by atoms with Crippen molar-refractivity contribution in [3.05, 3.63) is 29.8 Å². The molecule has 1 aliphatic heterocycles. The van der Waals surface area contributed by atoms with Crippen molar-refractivity contribution in [2.45, 2.75) is 13.0 Å². The van der Waals surface area contributed by atoms with Gasteiger partial charge in [-0.15, -0.1) is 0 Å². The Balaban J connectivity index is 1.62. The van der Waals surface area contributed by atoms with Gasteiger partial charge in [0.2, 0.25) is 5.91 Å². The van der Waals surface area contributed by atoms with Crippen LogP contribution >= 0.6 is 0 Å². The highest BCUT2D eigenvalue weighted by Gasteiger charge is 2.22. The molecule has 1 N–H and O–H groups in total. The number of aryl methyl sites for hydroxylation is 1. The van der Waals surface area contributed by atoms with Gasteiger partial charge in [0.05, 0.1) is 25.8 Å². The lowest BCUT2D eigenvalue weighted by Gasteiger charge is -2.33. The van der Waals surface area contributed by atoms with Crippen LogP contribution in [0, 0.1) is 6.92 Å². The van der Waals surface area contributed by atoms with E-state index < -0.39 is 0 Å². The first-order valence-corrected chi connectivity index (χ1v) is 8.48. The fourth-order valence-electron chi connectivity index (χ4n) is 2.77. The zero-order valence-electron chi connectivity index (χ0n) is 15.0. The maximum absolute atomic E-state index is 12.0. The fraction of sp³-hybridized carbons (Fsp3) is 0.611. The minimum Gasteiger partial charge on any atom is -0.492 e. The average molecular weight is 335 g/mol. The van der Waals surface area contributed by atoms with Crippen LogP contribution in [0.3, 0.4) is 0 Å². The first kappa shape index (κ1) is 18.7. The lowest BCUT2D eigenvalue weighted by atomic mass is 10.2. The molecule has 1 aliphatic rings. The third kappa shape index (κ3) is 6.86. The summed E-state index contributed by atoms with van der Waals surface area (Å²) >= 11 is 0. The third-order valence-corrected chi connectivity index (χ3v) is 3.84. The second-order valence-corrected chi connectivity index (χ2v) is 6.51. The predicted octanol–water partition coefficient (Wildman–Crippen LogP) is 0.752. The van der Waals surface area contributed by atoms with E-state index in [2.05, 4.69) is 15.1 Å². The van der Waals surface area contributed by atoms with E-state index in [4.69, 9.17) is 9.47 Å². The van der Waals surface area contributed by atoms with Crippen molar-refractivity contribution in [1.82, 2.24) is 15.1 Å². The first-order valence-electron chi connectivity index (χ1n) is 8.48. The number of nitrogens with one attached hydrogen (secondary N) is 1. The second-order valence-electron chi connectivity index (χ2n) is 6.51. The zero-order chi connectivity index (χ0) is 17.4. The molecule has 1 atom stereocenters. The number of amides is 1. The molecule has 0 saturated carbocycles. The second kappa shape index (κ2) is 9.61. The Hall–Kier alpha value is -1.63. The summed E-state index contributed by atoms with van der Waals surface area (Å²) in [7, 11) is 4.06. The Labute approximate surface area is 144 Å². The lowest BCUT2D eigenvalue weighted by Crippen LogP contribution is -2.49. The maximum atomic E-state index is 12.0. The molecule has 24 heavy (non-hydrogen) atoms. The van der Waals surface area contributed by atoms with Gasteiger partial charge in [-0.05, 0) is 38.7 Å². The molecule has 1 heterocycles. The Bertz CT molecular complexity index is 522. The summed E-state index contributed by atoms with van der Waals surface area (Å²) < 4.78 is 11.4. The van der Waals surface area contributed by atoms with Crippen LogP contribution in [0.4, 0.5) is 0 Å². The van der Waals surface area contributed by atoms with Crippen molar-refractivity contribution in [3.63, 3.8) is 0 Å². The molecule has 0 radical (unpaired) electrons. The topological polar surface area (TPSA) is 54.0 Å². The van der Waals surface area contributed by atoms with Gasteiger partial charge in [0, 0.05) is 19.6 Å². The highest BCUT2D eigenvalue weighted by Crippen LogP contribution is 2.11. The molecule has 0 aliphatic carbocycles. The summed E-state index contributed by atoms with van der Waals surface area (Å²) in [4.78, 5) is 16.3. The minimum absolute atomic E-state index is 0.0355. The SMILES string of the molecule is Cc1cccc(OCCNC(=O)CN2CCOC(CN(C)C)C2)c1. The normalized spacial score (nSPS) is 18.6. The van der Waals surface area contributed by atoms with Gasteiger partial charge in [-0.3, -0.25) is 9.69 Å². The van der Waals surface area contributed by atoms with E-state index in [0.717, 1.165) is 30.9 Å². The van der Waals surface area contributed by atoms with Crippen molar-refractivity contribution < 1.29 is 14.3 Å². The molecule has 6 nitrogen and oxygen atoms in total.